The standard InChI is InChI=1S/C25H30Cl2N2O3/c1-16-7-6-10-23(17(16)2)32-15-24(30)29(14-19-11-12-20(26)13-22(19)27)18(3)25(31)28-21-8-4-5-9-21/h6-7,10-13,18,21H,4-5,8-9,14-15H2,1-3H3,(H,28,31)/t18-/m1/s1. The molecule has 0 spiro atoms. The van der Waals surface area contributed by atoms with E-state index in [0.29, 0.717) is 15.8 Å². The van der Waals surface area contributed by atoms with Crippen LogP contribution in [0.25, 0.3) is 0 Å². The lowest BCUT2D eigenvalue weighted by atomic mass is 10.1. The van der Waals surface area contributed by atoms with Crippen LogP contribution in [-0.4, -0.2) is 35.4 Å². The fourth-order valence-corrected chi connectivity index (χ4v) is 4.38. The summed E-state index contributed by atoms with van der Waals surface area (Å²) in [5, 5.41) is 4.05. The smallest absolute Gasteiger partial charge is 0.261 e. The van der Waals surface area contributed by atoms with E-state index in [4.69, 9.17) is 27.9 Å². The average molecular weight is 477 g/mol. The van der Waals surface area contributed by atoms with Crippen LogP contribution in [0.3, 0.4) is 0 Å². The summed E-state index contributed by atoms with van der Waals surface area (Å²) in [5.41, 5.74) is 2.79. The van der Waals surface area contributed by atoms with E-state index in [1.165, 1.54) is 4.90 Å². The maximum absolute atomic E-state index is 13.2. The van der Waals surface area contributed by atoms with E-state index >= 15 is 0 Å². The molecular weight excluding hydrogens is 447 g/mol. The van der Waals surface area contributed by atoms with Crippen LogP contribution in [0.1, 0.15) is 49.3 Å². The van der Waals surface area contributed by atoms with Crippen LogP contribution >= 0.6 is 23.2 Å². The van der Waals surface area contributed by atoms with Gasteiger partial charge >= 0.3 is 0 Å². The molecule has 1 saturated carbocycles. The normalized spacial score (nSPS) is 14.8. The number of benzene rings is 2. The molecule has 0 saturated heterocycles. The Morgan fingerprint density at radius 1 is 1.16 bits per heavy atom. The van der Waals surface area contributed by atoms with E-state index in [1.807, 2.05) is 32.0 Å². The van der Waals surface area contributed by atoms with E-state index in [0.717, 1.165) is 42.4 Å². The van der Waals surface area contributed by atoms with Gasteiger partial charge in [0.15, 0.2) is 6.61 Å². The number of carbonyl (C=O) groups is 2. The zero-order chi connectivity index (χ0) is 23.3. The molecule has 2 aromatic rings. The predicted molar refractivity (Wildman–Crippen MR) is 128 cm³/mol. The molecule has 0 aliphatic heterocycles. The molecule has 32 heavy (non-hydrogen) atoms. The number of nitrogens with one attached hydrogen (secondary N) is 1. The minimum Gasteiger partial charge on any atom is -0.483 e. The monoisotopic (exact) mass is 476 g/mol. The Hall–Kier alpha value is -2.24. The van der Waals surface area contributed by atoms with E-state index in [-0.39, 0.29) is 31.0 Å². The molecule has 1 N–H and O–H groups in total. The summed E-state index contributed by atoms with van der Waals surface area (Å²) >= 11 is 12.4. The van der Waals surface area contributed by atoms with Gasteiger partial charge in [-0.2, -0.15) is 0 Å². The van der Waals surface area contributed by atoms with Crippen LogP contribution in [0.4, 0.5) is 0 Å². The first-order valence-electron chi connectivity index (χ1n) is 11.0. The molecule has 0 radical (unpaired) electrons. The number of hydrogen-bond donors (Lipinski definition) is 1. The van der Waals surface area contributed by atoms with E-state index in [9.17, 15) is 9.59 Å². The first-order valence-corrected chi connectivity index (χ1v) is 11.7. The largest absolute Gasteiger partial charge is 0.483 e. The van der Waals surface area contributed by atoms with Gasteiger partial charge < -0.3 is 15.0 Å². The van der Waals surface area contributed by atoms with Crippen molar-refractivity contribution < 1.29 is 14.3 Å². The zero-order valence-electron chi connectivity index (χ0n) is 18.8. The highest BCUT2D eigenvalue weighted by Crippen LogP contribution is 2.25. The molecule has 0 bridgehead atoms. The van der Waals surface area contributed by atoms with Crippen LogP contribution in [0, 0.1) is 13.8 Å². The van der Waals surface area contributed by atoms with E-state index < -0.39 is 6.04 Å². The minimum atomic E-state index is -0.669. The van der Waals surface area contributed by atoms with Crippen LogP contribution in [-0.2, 0) is 16.1 Å². The van der Waals surface area contributed by atoms with Gasteiger partial charge in [-0.05, 0) is 68.5 Å². The first-order chi connectivity index (χ1) is 15.3. The maximum Gasteiger partial charge on any atom is 0.261 e. The second-order valence-corrected chi connectivity index (χ2v) is 9.25. The first kappa shape index (κ1) is 24.4. The Labute approximate surface area is 200 Å². The molecule has 2 aromatic carbocycles. The summed E-state index contributed by atoms with van der Waals surface area (Å²) < 4.78 is 5.83. The molecule has 5 nitrogen and oxygen atoms in total. The second-order valence-electron chi connectivity index (χ2n) is 8.41. The molecular formula is C25H30Cl2N2O3. The SMILES string of the molecule is Cc1cccc(OCC(=O)N(Cc2ccc(Cl)cc2Cl)[C@H](C)C(=O)NC2CCCC2)c1C. The highest BCUT2D eigenvalue weighted by molar-refractivity contribution is 6.35. The summed E-state index contributed by atoms with van der Waals surface area (Å²) in [7, 11) is 0. The number of carbonyl (C=O) groups excluding carboxylic acids is 2. The minimum absolute atomic E-state index is 0.165. The van der Waals surface area contributed by atoms with Gasteiger partial charge in [0, 0.05) is 22.6 Å². The fourth-order valence-electron chi connectivity index (χ4n) is 3.91. The van der Waals surface area contributed by atoms with Crippen LogP contribution < -0.4 is 10.1 Å². The highest BCUT2D eigenvalue weighted by Gasteiger charge is 2.29. The Morgan fingerprint density at radius 3 is 2.56 bits per heavy atom. The average Bonchev–Trinajstić information content (AvgIpc) is 3.26. The van der Waals surface area contributed by atoms with Crippen molar-refractivity contribution in [3.8, 4) is 5.75 Å². The van der Waals surface area contributed by atoms with Gasteiger partial charge in [-0.1, -0.05) is 54.2 Å². The summed E-state index contributed by atoms with van der Waals surface area (Å²) in [6.45, 7) is 5.71. The summed E-state index contributed by atoms with van der Waals surface area (Å²) in [6, 6.07) is 10.4. The third-order valence-corrected chi connectivity index (χ3v) is 6.72. The lowest BCUT2D eigenvalue weighted by Crippen LogP contribution is -2.50. The third kappa shape index (κ3) is 6.17. The van der Waals surface area contributed by atoms with Crippen molar-refractivity contribution in [3.63, 3.8) is 0 Å². The molecule has 2 amide bonds. The van der Waals surface area contributed by atoms with Crippen molar-refractivity contribution in [2.45, 2.75) is 65.1 Å². The van der Waals surface area contributed by atoms with Gasteiger partial charge in [-0.3, -0.25) is 9.59 Å². The Balaban J connectivity index is 1.77. The van der Waals surface area contributed by atoms with Gasteiger partial charge in [0.25, 0.3) is 5.91 Å². The van der Waals surface area contributed by atoms with Crippen LogP contribution in [0.15, 0.2) is 36.4 Å². The fraction of sp³-hybridized carbons (Fsp3) is 0.440. The highest BCUT2D eigenvalue weighted by atomic mass is 35.5. The number of hydrogen-bond acceptors (Lipinski definition) is 3. The molecule has 0 unspecified atom stereocenters. The van der Waals surface area contributed by atoms with Crippen molar-refractivity contribution >= 4 is 35.0 Å². The number of ether oxygens (including phenoxy) is 1. The Kier molecular flexibility index (Phi) is 8.44. The second kappa shape index (κ2) is 11.1. The number of amides is 2. The maximum atomic E-state index is 13.2. The molecule has 3 rings (SSSR count). The summed E-state index contributed by atoms with van der Waals surface area (Å²) in [5.74, 6) is 0.207. The summed E-state index contributed by atoms with van der Waals surface area (Å²) in [4.78, 5) is 27.7. The molecule has 1 fully saturated rings. The van der Waals surface area contributed by atoms with Gasteiger partial charge in [0.05, 0.1) is 0 Å². The van der Waals surface area contributed by atoms with Gasteiger partial charge in [0.2, 0.25) is 5.91 Å². The van der Waals surface area contributed by atoms with Crippen molar-refractivity contribution in [2.24, 2.45) is 0 Å². The van der Waals surface area contributed by atoms with Crippen molar-refractivity contribution in [1.29, 1.82) is 0 Å². The van der Waals surface area contributed by atoms with Gasteiger partial charge in [0.1, 0.15) is 11.8 Å². The Morgan fingerprint density at radius 2 is 1.88 bits per heavy atom. The number of halogens is 2. The number of aryl methyl sites for hydroxylation is 1. The quantitative estimate of drug-likeness (QED) is 0.549. The molecule has 1 atom stereocenters. The van der Waals surface area contributed by atoms with Crippen molar-refractivity contribution in [2.75, 3.05) is 6.61 Å². The number of rotatable bonds is 8. The molecule has 0 aromatic heterocycles. The molecule has 172 valence electrons. The van der Waals surface area contributed by atoms with Gasteiger partial charge in [-0.25, -0.2) is 0 Å². The molecule has 7 heteroatoms. The lowest BCUT2D eigenvalue weighted by molar-refractivity contribution is -0.142. The van der Waals surface area contributed by atoms with Gasteiger partial charge in [-0.15, -0.1) is 0 Å². The summed E-state index contributed by atoms with van der Waals surface area (Å²) in [6.07, 6.45) is 4.19. The topological polar surface area (TPSA) is 58.6 Å². The third-order valence-electron chi connectivity index (χ3n) is 6.13. The van der Waals surface area contributed by atoms with Crippen LogP contribution in [0.5, 0.6) is 5.75 Å². The zero-order valence-corrected chi connectivity index (χ0v) is 20.3. The number of nitrogens with zero attached hydrogens (tertiary/aromatic N) is 1. The van der Waals surface area contributed by atoms with E-state index in [2.05, 4.69) is 5.32 Å². The van der Waals surface area contributed by atoms with Crippen molar-refractivity contribution in [1.82, 2.24) is 10.2 Å². The van der Waals surface area contributed by atoms with Crippen LogP contribution in [0.2, 0.25) is 10.0 Å². The lowest BCUT2D eigenvalue weighted by Gasteiger charge is -2.30. The van der Waals surface area contributed by atoms with Crippen molar-refractivity contribution in [3.05, 3.63) is 63.1 Å². The molecule has 0 heterocycles. The molecule has 1 aliphatic rings. The van der Waals surface area contributed by atoms with E-state index in [1.54, 1.807) is 25.1 Å². The predicted octanol–water partition coefficient (Wildman–Crippen LogP) is 5.47. The molecule has 1 aliphatic carbocycles. The Bertz CT molecular complexity index is 974.